The molecule has 0 amide bonds. The van der Waals surface area contributed by atoms with Crippen molar-refractivity contribution in [2.24, 2.45) is 0 Å². The quantitative estimate of drug-likeness (QED) is 0.251. The standard InChI is InChI=1S/C23H21N3O4S/c1-3-4-12-29-18-10-8-17(9-11-18)21-24-23-26(25-21)22(28)20(31-23)14-16-6-5-7-19(13-16)30-15(2)27/h5-11,13-14H,3-4,12H2,1-2H3/b20-14-. The lowest BCUT2D eigenvalue weighted by Crippen LogP contribution is -2.23. The molecule has 0 atom stereocenters. The van der Waals surface area contributed by atoms with Crippen molar-refractivity contribution < 1.29 is 14.3 Å². The van der Waals surface area contributed by atoms with Crippen molar-refractivity contribution in [3.8, 4) is 22.9 Å². The molecule has 0 radical (unpaired) electrons. The van der Waals surface area contributed by atoms with E-state index in [0.717, 1.165) is 29.7 Å². The number of benzene rings is 2. The van der Waals surface area contributed by atoms with Crippen molar-refractivity contribution >= 4 is 28.3 Å². The van der Waals surface area contributed by atoms with Crippen LogP contribution in [0.2, 0.25) is 0 Å². The minimum absolute atomic E-state index is 0.240. The van der Waals surface area contributed by atoms with Gasteiger partial charge in [-0.05, 0) is 54.5 Å². The van der Waals surface area contributed by atoms with E-state index in [4.69, 9.17) is 9.47 Å². The molecule has 0 aliphatic carbocycles. The maximum Gasteiger partial charge on any atom is 0.308 e. The van der Waals surface area contributed by atoms with E-state index < -0.39 is 5.97 Å². The van der Waals surface area contributed by atoms with Crippen LogP contribution in [0.5, 0.6) is 11.5 Å². The van der Waals surface area contributed by atoms with Crippen molar-refractivity contribution in [2.75, 3.05) is 6.61 Å². The molecule has 0 spiro atoms. The predicted octanol–water partition coefficient (Wildman–Crippen LogP) is 3.47. The molecule has 0 saturated carbocycles. The van der Waals surface area contributed by atoms with Crippen LogP contribution >= 0.6 is 11.3 Å². The molecule has 2 aromatic carbocycles. The van der Waals surface area contributed by atoms with Gasteiger partial charge < -0.3 is 9.47 Å². The van der Waals surface area contributed by atoms with Crippen LogP contribution in [0.4, 0.5) is 0 Å². The molecule has 0 aliphatic heterocycles. The molecule has 2 aromatic heterocycles. The van der Waals surface area contributed by atoms with E-state index in [0.29, 0.717) is 27.7 Å². The molecule has 0 saturated heterocycles. The summed E-state index contributed by atoms with van der Waals surface area (Å²) in [4.78, 5) is 28.9. The fraction of sp³-hybridized carbons (Fsp3) is 0.217. The number of hydrogen-bond acceptors (Lipinski definition) is 7. The Bertz CT molecular complexity index is 1330. The van der Waals surface area contributed by atoms with E-state index in [1.807, 2.05) is 30.3 Å². The number of aromatic nitrogens is 3. The Morgan fingerprint density at radius 1 is 1.16 bits per heavy atom. The van der Waals surface area contributed by atoms with Crippen molar-refractivity contribution in [2.45, 2.75) is 26.7 Å². The number of esters is 1. The summed E-state index contributed by atoms with van der Waals surface area (Å²) in [5, 5.41) is 4.38. The maximum atomic E-state index is 12.8. The van der Waals surface area contributed by atoms with Gasteiger partial charge in [0.25, 0.3) is 5.56 Å². The van der Waals surface area contributed by atoms with Crippen molar-refractivity contribution in [1.82, 2.24) is 14.6 Å². The van der Waals surface area contributed by atoms with Crippen LogP contribution in [0.3, 0.4) is 0 Å². The molecule has 158 valence electrons. The first-order valence-electron chi connectivity index (χ1n) is 9.96. The fourth-order valence-electron chi connectivity index (χ4n) is 2.98. The summed E-state index contributed by atoms with van der Waals surface area (Å²) >= 11 is 1.26. The molecule has 0 N–H and O–H groups in total. The van der Waals surface area contributed by atoms with Crippen LogP contribution in [0.15, 0.2) is 53.3 Å². The zero-order valence-corrected chi connectivity index (χ0v) is 18.0. The number of thiazole rings is 1. The Balaban J connectivity index is 1.59. The summed E-state index contributed by atoms with van der Waals surface area (Å²) in [5.41, 5.74) is 1.33. The SMILES string of the molecule is CCCCOc1ccc(-c2nc3s/c(=C\c4cccc(OC(C)=O)c4)c(=O)n3n2)cc1. The zero-order valence-electron chi connectivity index (χ0n) is 17.2. The van der Waals surface area contributed by atoms with Crippen molar-refractivity contribution in [3.63, 3.8) is 0 Å². The van der Waals surface area contributed by atoms with E-state index in [1.165, 1.54) is 22.8 Å². The Kier molecular flexibility index (Phi) is 6.08. The summed E-state index contributed by atoms with van der Waals surface area (Å²) in [5.74, 6) is 1.33. The van der Waals surface area contributed by atoms with E-state index in [1.54, 1.807) is 24.3 Å². The lowest BCUT2D eigenvalue weighted by atomic mass is 10.2. The van der Waals surface area contributed by atoms with Crippen LogP contribution in [-0.4, -0.2) is 27.2 Å². The second kappa shape index (κ2) is 9.09. The van der Waals surface area contributed by atoms with Gasteiger partial charge in [0.15, 0.2) is 5.82 Å². The second-order valence-electron chi connectivity index (χ2n) is 6.94. The third-order valence-corrected chi connectivity index (χ3v) is 5.44. The molecular weight excluding hydrogens is 414 g/mol. The molecular formula is C23H21N3O4S. The lowest BCUT2D eigenvalue weighted by molar-refractivity contribution is -0.131. The zero-order chi connectivity index (χ0) is 21.8. The summed E-state index contributed by atoms with van der Waals surface area (Å²) in [6, 6.07) is 14.5. The minimum Gasteiger partial charge on any atom is -0.494 e. The summed E-state index contributed by atoms with van der Waals surface area (Å²) in [6.07, 6.45) is 3.83. The average Bonchev–Trinajstić information content (AvgIpc) is 3.28. The highest BCUT2D eigenvalue weighted by molar-refractivity contribution is 7.15. The van der Waals surface area contributed by atoms with Gasteiger partial charge in [-0.1, -0.05) is 36.8 Å². The number of fused-ring (bicyclic) bond motifs is 1. The van der Waals surface area contributed by atoms with Gasteiger partial charge in [-0.15, -0.1) is 5.10 Å². The van der Waals surface area contributed by atoms with E-state index in [-0.39, 0.29) is 5.56 Å². The molecule has 4 rings (SSSR count). The van der Waals surface area contributed by atoms with E-state index in [9.17, 15) is 9.59 Å². The smallest absolute Gasteiger partial charge is 0.308 e. The molecule has 2 heterocycles. The van der Waals surface area contributed by atoms with Gasteiger partial charge >= 0.3 is 5.97 Å². The fourth-order valence-corrected chi connectivity index (χ4v) is 3.88. The topological polar surface area (TPSA) is 82.8 Å². The number of carbonyl (C=O) groups excluding carboxylic acids is 1. The van der Waals surface area contributed by atoms with Gasteiger partial charge in [0.1, 0.15) is 11.5 Å². The molecule has 4 aromatic rings. The number of unbranched alkanes of at least 4 members (excludes halogenated alkanes) is 1. The number of ether oxygens (including phenoxy) is 2. The Morgan fingerprint density at radius 3 is 2.68 bits per heavy atom. The third kappa shape index (κ3) is 4.80. The number of nitrogens with zero attached hydrogens (tertiary/aromatic N) is 3. The van der Waals surface area contributed by atoms with Gasteiger partial charge in [0.2, 0.25) is 4.96 Å². The lowest BCUT2D eigenvalue weighted by Gasteiger charge is -2.05. The first kappa shape index (κ1) is 20.7. The van der Waals surface area contributed by atoms with Gasteiger partial charge in [-0.3, -0.25) is 9.59 Å². The normalized spacial score (nSPS) is 11.7. The average molecular weight is 436 g/mol. The monoisotopic (exact) mass is 435 g/mol. The van der Waals surface area contributed by atoms with Gasteiger partial charge in [0.05, 0.1) is 11.1 Å². The summed E-state index contributed by atoms with van der Waals surface area (Å²) in [6.45, 7) is 4.16. The van der Waals surface area contributed by atoms with E-state index >= 15 is 0 Å². The summed E-state index contributed by atoms with van der Waals surface area (Å²) in [7, 11) is 0. The largest absolute Gasteiger partial charge is 0.494 e. The van der Waals surface area contributed by atoms with Crippen LogP contribution < -0.4 is 19.6 Å². The van der Waals surface area contributed by atoms with Crippen molar-refractivity contribution in [3.05, 3.63) is 69.0 Å². The molecule has 0 bridgehead atoms. The Hall–Kier alpha value is -3.52. The van der Waals surface area contributed by atoms with Crippen LogP contribution in [0.25, 0.3) is 22.4 Å². The highest BCUT2D eigenvalue weighted by atomic mass is 32.1. The van der Waals surface area contributed by atoms with Gasteiger partial charge in [0, 0.05) is 12.5 Å². The number of rotatable bonds is 7. The van der Waals surface area contributed by atoms with Gasteiger partial charge in [-0.2, -0.15) is 9.50 Å². The first-order chi connectivity index (χ1) is 15.0. The predicted molar refractivity (Wildman–Crippen MR) is 120 cm³/mol. The van der Waals surface area contributed by atoms with E-state index in [2.05, 4.69) is 17.0 Å². The second-order valence-corrected chi connectivity index (χ2v) is 7.95. The molecule has 0 aliphatic rings. The number of carbonyl (C=O) groups is 1. The summed E-state index contributed by atoms with van der Waals surface area (Å²) < 4.78 is 12.6. The number of hydrogen-bond donors (Lipinski definition) is 0. The first-order valence-corrected chi connectivity index (χ1v) is 10.8. The molecule has 31 heavy (non-hydrogen) atoms. The highest BCUT2D eigenvalue weighted by Crippen LogP contribution is 2.21. The molecule has 0 unspecified atom stereocenters. The molecule has 8 heteroatoms. The maximum absolute atomic E-state index is 12.8. The van der Waals surface area contributed by atoms with Crippen LogP contribution in [-0.2, 0) is 4.79 Å². The van der Waals surface area contributed by atoms with Crippen LogP contribution in [0, 0.1) is 0 Å². The third-order valence-electron chi connectivity index (χ3n) is 4.48. The van der Waals surface area contributed by atoms with Crippen LogP contribution in [0.1, 0.15) is 32.3 Å². The Labute approximate surface area is 182 Å². The molecule has 0 fully saturated rings. The Morgan fingerprint density at radius 2 is 1.97 bits per heavy atom. The van der Waals surface area contributed by atoms with Gasteiger partial charge in [-0.25, -0.2) is 0 Å². The highest BCUT2D eigenvalue weighted by Gasteiger charge is 2.12. The molecule has 7 nitrogen and oxygen atoms in total. The van der Waals surface area contributed by atoms with Crippen molar-refractivity contribution in [1.29, 1.82) is 0 Å². The minimum atomic E-state index is -0.395.